The zero-order valence-electron chi connectivity index (χ0n) is 13.8. The maximum absolute atomic E-state index is 12.3. The fraction of sp³-hybridized carbons (Fsp3) is 0.857. The van der Waals surface area contributed by atoms with E-state index < -0.39 is 23.4 Å². The van der Waals surface area contributed by atoms with Gasteiger partial charge in [0.2, 0.25) is 0 Å². The van der Waals surface area contributed by atoms with Crippen LogP contribution in [0.2, 0.25) is 0 Å². The number of rotatable bonds is 1. The molecule has 2 N–H and O–H groups in total. The number of carbonyl (C=O) groups excluding carboxylic acids is 2. The molecule has 0 aromatic heterocycles. The minimum Gasteiger partial charge on any atom is -0.443 e. The molecule has 1 rings (SSSR count). The van der Waals surface area contributed by atoms with Gasteiger partial charge in [0.15, 0.2) is 0 Å². The number of hydrogen-bond donors (Lipinski definition) is 2. The van der Waals surface area contributed by atoms with Crippen LogP contribution in [0, 0.1) is 0 Å². The Morgan fingerprint density at radius 3 is 2.10 bits per heavy atom. The van der Waals surface area contributed by atoms with Crippen molar-refractivity contribution in [2.45, 2.75) is 65.2 Å². The van der Waals surface area contributed by atoms with Crippen molar-refractivity contribution in [3.63, 3.8) is 0 Å². The molecule has 0 aromatic rings. The van der Waals surface area contributed by atoms with Gasteiger partial charge in [0.1, 0.15) is 11.2 Å². The van der Waals surface area contributed by atoms with Crippen molar-refractivity contribution in [3.05, 3.63) is 0 Å². The summed E-state index contributed by atoms with van der Waals surface area (Å²) in [5.74, 6) is 0. The maximum Gasteiger partial charge on any atom is 0.429 e. The van der Waals surface area contributed by atoms with Gasteiger partial charge in [-0.15, -0.1) is 0 Å². The van der Waals surface area contributed by atoms with Crippen LogP contribution >= 0.6 is 0 Å². The molecule has 0 bridgehead atoms. The molecule has 0 radical (unpaired) electrons. The fourth-order valence-electron chi connectivity index (χ4n) is 1.86. The standard InChI is InChI=1S/C14H27N3O4/c1-13(2,3)20-11(18)16-17(10-7-8-15-9-10)12(19)21-14(4,5)6/h10,15H,7-9H2,1-6H3,(H,16,18)/t10-/m1/s1. The minimum atomic E-state index is -0.666. The highest BCUT2D eigenvalue weighted by Crippen LogP contribution is 2.14. The van der Waals surface area contributed by atoms with Gasteiger partial charge in [-0.25, -0.2) is 20.0 Å². The van der Waals surface area contributed by atoms with Gasteiger partial charge in [0.25, 0.3) is 0 Å². The molecule has 1 heterocycles. The van der Waals surface area contributed by atoms with Crippen LogP contribution in [0.25, 0.3) is 0 Å². The average Bonchev–Trinajstić information content (AvgIpc) is 2.73. The summed E-state index contributed by atoms with van der Waals surface area (Å²) < 4.78 is 10.5. The van der Waals surface area contributed by atoms with Crippen molar-refractivity contribution in [1.29, 1.82) is 0 Å². The summed E-state index contributed by atoms with van der Waals surface area (Å²) in [7, 11) is 0. The molecule has 0 aromatic carbocycles. The second-order valence-electron chi connectivity index (χ2n) is 7.11. The second kappa shape index (κ2) is 6.51. The van der Waals surface area contributed by atoms with Gasteiger partial charge in [-0.1, -0.05) is 0 Å². The molecule has 122 valence electrons. The third-order valence-corrected chi connectivity index (χ3v) is 2.60. The molecule has 7 heteroatoms. The van der Waals surface area contributed by atoms with Crippen molar-refractivity contribution >= 4 is 12.2 Å². The first-order valence-corrected chi connectivity index (χ1v) is 7.20. The van der Waals surface area contributed by atoms with Crippen molar-refractivity contribution in [1.82, 2.24) is 15.8 Å². The molecule has 0 unspecified atom stereocenters. The second-order valence-corrected chi connectivity index (χ2v) is 7.11. The summed E-state index contributed by atoms with van der Waals surface area (Å²) >= 11 is 0. The van der Waals surface area contributed by atoms with Gasteiger partial charge >= 0.3 is 12.2 Å². The van der Waals surface area contributed by atoms with Crippen LogP contribution in [-0.4, -0.2) is 47.5 Å². The van der Waals surface area contributed by atoms with Gasteiger partial charge in [-0.2, -0.15) is 0 Å². The first-order valence-electron chi connectivity index (χ1n) is 7.20. The van der Waals surface area contributed by atoms with Crippen LogP contribution in [0.15, 0.2) is 0 Å². The summed E-state index contributed by atoms with van der Waals surface area (Å²) in [5, 5.41) is 4.37. The van der Waals surface area contributed by atoms with Crippen LogP contribution in [0.4, 0.5) is 9.59 Å². The normalized spacial score (nSPS) is 19.0. The third kappa shape index (κ3) is 6.66. The Bertz CT molecular complexity index is 379. The first kappa shape index (κ1) is 17.6. The smallest absolute Gasteiger partial charge is 0.429 e. The van der Waals surface area contributed by atoms with Gasteiger partial charge < -0.3 is 14.8 Å². The highest BCUT2D eigenvalue weighted by atomic mass is 16.6. The van der Waals surface area contributed by atoms with E-state index in [-0.39, 0.29) is 6.04 Å². The molecule has 1 atom stereocenters. The Morgan fingerprint density at radius 2 is 1.67 bits per heavy atom. The van der Waals surface area contributed by atoms with Crippen molar-refractivity contribution in [2.75, 3.05) is 13.1 Å². The van der Waals surface area contributed by atoms with Crippen LogP contribution in [0.1, 0.15) is 48.0 Å². The Balaban J connectivity index is 2.73. The Kier molecular flexibility index (Phi) is 5.44. The predicted octanol–water partition coefficient (Wildman–Crippen LogP) is 2.03. The summed E-state index contributed by atoms with van der Waals surface area (Å²) in [4.78, 5) is 24.1. The zero-order chi connectivity index (χ0) is 16.3. The van der Waals surface area contributed by atoms with E-state index in [0.29, 0.717) is 6.54 Å². The molecule has 0 spiro atoms. The molecule has 1 aliphatic heterocycles. The molecule has 1 fully saturated rings. The number of carbonyl (C=O) groups is 2. The molecular formula is C14H27N3O4. The predicted molar refractivity (Wildman–Crippen MR) is 78.7 cm³/mol. The van der Waals surface area contributed by atoms with Crippen molar-refractivity contribution in [3.8, 4) is 0 Å². The molecule has 2 amide bonds. The zero-order valence-corrected chi connectivity index (χ0v) is 13.8. The molecule has 7 nitrogen and oxygen atoms in total. The molecule has 0 saturated carbocycles. The van der Waals surface area contributed by atoms with Crippen molar-refractivity contribution in [2.24, 2.45) is 0 Å². The van der Waals surface area contributed by atoms with E-state index in [1.807, 2.05) is 0 Å². The number of nitrogens with one attached hydrogen (secondary N) is 2. The van der Waals surface area contributed by atoms with Gasteiger partial charge in [0, 0.05) is 6.54 Å². The van der Waals surface area contributed by atoms with E-state index in [1.54, 1.807) is 41.5 Å². The molecule has 0 aliphatic carbocycles. The molecule has 1 aliphatic rings. The topological polar surface area (TPSA) is 79.9 Å². The van der Waals surface area contributed by atoms with E-state index in [4.69, 9.17) is 9.47 Å². The maximum atomic E-state index is 12.3. The van der Waals surface area contributed by atoms with Crippen LogP contribution < -0.4 is 10.7 Å². The lowest BCUT2D eigenvalue weighted by atomic mass is 10.2. The number of amides is 2. The lowest BCUT2D eigenvalue weighted by Crippen LogP contribution is -2.55. The summed E-state index contributed by atoms with van der Waals surface area (Å²) in [6.45, 7) is 12.0. The summed E-state index contributed by atoms with van der Waals surface area (Å²) in [6.07, 6.45) is -0.503. The monoisotopic (exact) mass is 301 g/mol. The van der Waals surface area contributed by atoms with E-state index >= 15 is 0 Å². The fourth-order valence-corrected chi connectivity index (χ4v) is 1.86. The SMILES string of the molecule is CC(C)(C)OC(=O)NN(C(=O)OC(C)(C)C)[C@@H]1CCNC1. The lowest BCUT2D eigenvalue weighted by molar-refractivity contribution is -0.00755. The van der Waals surface area contributed by atoms with Crippen molar-refractivity contribution < 1.29 is 19.1 Å². The minimum absolute atomic E-state index is 0.146. The summed E-state index contributed by atoms with van der Waals surface area (Å²) in [5.41, 5.74) is 1.24. The van der Waals surface area contributed by atoms with Gasteiger partial charge in [0.05, 0.1) is 6.04 Å². The number of ether oxygens (including phenoxy) is 2. The number of hydrazine groups is 1. The lowest BCUT2D eigenvalue weighted by Gasteiger charge is -2.31. The van der Waals surface area contributed by atoms with E-state index in [2.05, 4.69) is 10.7 Å². The van der Waals surface area contributed by atoms with Crippen LogP contribution in [0.5, 0.6) is 0 Å². The first-order chi connectivity index (χ1) is 9.48. The highest BCUT2D eigenvalue weighted by molar-refractivity contribution is 5.74. The van der Waals surface area contributed by atoms with E-state index in [0.717, 1.165) is 13.0 Å². The molecular weight excluding hydrogens is 274 g/mol. The Labute approximate surface area is 126 Å². The third-order valence-electron chi connectivity index (χ3n) is 2.60. The number of nitrogens with zero attached hydrogens (tertiary/aromatic N) is 1. The molecule has 21 heavy (non-hydrogen) atoms. The van der Waals surface area contributed by atoms with Crippen LogP contribution in [0.3, 0.4) is 0 Å². The highest BCUT2D eigenvalue weighted by Gasteiger charge is 2.32. The quantitative estimate of drug-likeness (QED) is 0.724. The molecule has 1 saturated heterocycles. The van der Waals surface area contributed by atoms with Gasteiger partial charge in [-0.05, 0) is 54.5 Å². The van der Waals surface area contributed by atoms with Gasteiger partial charge in [-0.3, -0.25) is 0 Å². The summed E-state index contributed by atoms with van der Waals surface area (Å²) in [6, 6.07) is -0.146. The number of hydrogen-bond acceptors (Lipinski definition) is 5. The van der Waals surface area contributed by atoms with E-state index in [1.165, 1.54) is 5.01 Å². The van der Waals surface area contributed by atoms with Crippen LogP contribution in [-0.2, 0) is 9.47 Å². The Hall–Kier alpha value is -1.50. The Morgan fingerprint density at radius 1 is 1.10 bits per heavy atom. The largest absolute Gasteiger partial charge is 0.443 e. The average molecular weight is 301 g/mol. The van der Waals surface area contributed by atoms with E-state index in [9.17, 15) is 9.59 Å².